The first kappa shape index (κ1) is 14.5. The Balaban J connectivity index is 0.000000250. The number of carboxylic acids is 2. The molecule has 0 aromatic heterocycles. The average molecular weight is 266 g/mol. The van der Waals surface area contributed by atoms with E-state index in [1.165, 1.54) is 25.1 Å². The summed E-state index contributed by atoms with van der Waals surface area (Å²) in [6.45, 7) is 3.19. The number of carboxylic acid groups (broad SMARTS) is 2. The molecule has 1 saturated heterocycles. The molecule has 1 aliphatic heterocycles. The van der Waals surface area contributed by atoms with Gasteiger partial charge in [0.25, 0.3) is 0 Å². The van der Waals surface area contributed by atoms with E-state index in [1.807, 2.05) is 0 Å². The topological polar surface area (TPSA) is 121 Å². The Morgan fingerprint density at radius 3 is 1.74 bits per heavy atom. The van der Waals surface area contributed by atoms with Gasteiger partial charge in [-0.1, -0.05) is 6.07 Å². The summed E-state index contributed by atoms with van der Waals surface area (Å²) in [5.41, 5.74) is 5.12. The maximum absolute atomic E-state index is 10.6. The molecular weight excluding hydrogens is 252 g/mol. The number of amides is 2. The van der Waals surface area contributed by atoms with Crippen molar-refractivity contribution in [3.63, 3.8) is 0 Å². The standard InChI is InChI=1S/C9H8O4.C3H6N2O/c1-5-6(8(10)11)3-2-4-7(5)9(12)13;4-3(6)5-1-2-5/h2-4H,1H3,(H,10,11)(H,12,13);1-2H2,(H2,4,6). The monoisotopic (exact) mass is 266 g/mol. The number of nitrogens with zero attached hydrogens (tertiary/aromatic N) is 1. The summed E-state index contributed by atoms with van der Waals surface area (Å²) in [5.74, 6) is -2.22. The van der Waals surface area contributed by atoms with Gasteiger partial charge in [-0.05, 0) is 24.6 Å². The van der Waals surface area contributed by atoms with E-state index >= 15 is 0 Å². The largest absolute Gasteiger partial charge is 0.478 e. The summed E-state index contributed by atoms with van der Waals surface area (Å²) in [4.78, 5) is 32.7. The van der Waals surface area contributed by atoms with Gasteiger partial charge in [-0.15, -0.1) is 0 Å². The van der Waals surface area contributed by atoms with E-state index in [9.17, 15) is 14.4 Å². The molecule has 1 aromatic carbocycles. The van der Waals surface area contributed by atoms with Crippen LogP contribution in [0.25, 0.3) is 0 Å². The Labute approximate surface area is 109 Å². The summed E-state index contributed by atoms with van der Waals surface area (Å²) in [6.07, 6.45) is 0. The zero-order chi connectivity index (χ0) is 14.6. The third-order valence-electron chi connectivity index (χ3n) is 2.55. The fourth-order valence-corrected chi connectivity index (χ4v) is 1.37. The molecule has 7 heteroatoms. The molecule has 1 fully saturated rings. The summed E-state index contributed by atoms with van der Waals surface area (Å²) in [6, 6.07) is 3.88. The van der Waals surface area contributed by atoms with Crippen LogP contribution in [0.15, 0.2) is 18.2 Å². The molecule has 7 nitrogen and oxygen atoms in total. The number of urea groups is 1. The van der Waals surface area contributed by atoms with Crippen molar-refractivity contribution in [1.29, 1.82) is 0 Å². The molecule has 0 saturated carbocycles. The van der Waals surface area contributed by atoms with Gasteiger partial charge in [0.1, 0.15) is 0 Å². The first-order valence-electron chi connectivity index (χ1n) is 5.45. The lowest BCUT2D eigenvalue weighted by molar-refractivity contribution is 0.0696. The van der Waals surface area contributed by atoms with E-state index < -0.39 is 11.9 Å². The number of aromatic carboxylic acids is 2. The fourth-order valence-electron chi connectivity index (χ4n) is 1.37. The van der Waals surface area contributed by atoms with E-state index in [0.717, 1.165) is 13.1 Å². The minimum absolute atomic E-state index is 0.0277. The van der Waals surface area contributed by atoms with Gasteiger partial charge in [0.15, 0.2) is 0 Å². The van der Waals surface area contributed by atoms with E-state index in [-0.39, 0.29) is 22.7 Å². The van der Waals surface area contributed by atoms with Crippen LogP contribution in [0.2, 0.25) is 0 Å². The number of nitrogens with two attached hydrogens (primary N) is 1. The summed E-state index contributed by atoms with van der Waals surface area (Å²) >= 11 is 0. The third-order valence-corrected chi connectivity index (χ3v) is 2.55. The van der Waals surface area contributed by atoms with Crippen LogP contribution in [-0.4, -0.2) is 46.2 Å². The van der Waals surface area contributed by atoms with E-state index in [4.69, 9.17) is 15.9 Å². The molecule has 1 aliphatic rings. The van der Waals surface area contributed by atoms with Crippen LogP contribution < -0.4 is 5.73 Å². The zero-order valence-corrected chi connectivity index (χ0v) is 10.3. The van der Waals surface area contributed by atoms with Gasteiger partial charge in [0, 0.05) is 13.1 Å². The number of carbonyl (C=O) groups is 3. The highest BCUT2D eigenvalue weighted by Gasteiger charge is 2.20. The lowest BCUT2D eigenvalue weighted by Crippen LogP contribution is -2.17. The van der Waals surface area contributed by atoms with Crippen LogP contribution in [0.3, 0.4) is 0 Å². The Bertz CT molecular complexity index is 491. The molecule has 0 aliphatic carbocycles. The molecule has 0 bridgehead atoms. The molecular formula is C12H14N2O5. The number of hydrogen-bond donors (Lipinski definition) is 3. The predicted molar refractivity (Wildman–Crippen MR) is 66.3 cm³/mol. The molecule has 1 heterocycles. The van der Waals surface area contributed by atoms with Crippen LogP contribution in [-0.2, 0) is 0 Å². The van der Waals surface area contributed by atoms with E-state index in [1.54, 1.807) is 4.90 Å². The van der Waals surface area contributed by atoms with Crippen molar-refractivity contribution < 1.29 is 24.6 Å². The highest BCUT2D eigenvalue weighted by Crippen LogP contribution is 2.13. The second-order valence-corrected chi connectivity index (χ2v) is 3.91. The van der Waals surface area contributed by atoms with Gasteiger partial charge in [-0.2, -0.15) is 0 Å². The first-order valence-corrected chi connectivity index (χ1v) is 5.45. The van der Waals surface area contributed by atoms with Crippen LogP contribution in [0.5, 0.6) is 0 Å². The fraction of sp³-hybridized carbons (Fsp3) is 0.250. The quantitative estimate of drug-likeness (QED) is 0.683. The van der Waals surface area contributed by atoms with Crippen molar-refractivity contribution in [2.45, 2.75) is 6.92 Å². The Morgan fingerprint density at radius 1 is 1.11 bits per heavy atom. The van der Waals surface area contributed by atoms with E-state index in [0.29, 0.717) is 0 Å². The summed E-state index contributed by atoms with van der Waals surface area (Å²) in [7, 11) is 0. The number of benzene rings is 1. The molecule has 0 atom stereocenters. The zero-order valence-electron chi connectivity index (χ0n) is 10.3. The number of primary amides is 1. The number of hydrogen-bond acceptors (Lipinski definition) is 3. The van der Waals surface area contributed by atoms with Gasteiger partial charge in [0.05, 0.1) is 11.1 Å². The normalized spacial score (nSPS) is 12.2. The average Bonchev–Trinajstić information content (AvgIpc) is 3.12. The summed E-state index contributed by atoms with van der Waals surface area (Å²) < 4.78 is 0. The lowest BCUT2D eigenvalue weighted by atomic mass is 10.0. The van der Waals surface area contributed by atoms with Crippen molar-refractivity contribution >= 4 is 18.0 Å². The van der Waals surface area contributed by atoms with Crippen LogP contribution in [0.4, 0.5) is 4.79 Å². The second kappa shape index (κ2) is 5.85. The highest BCUT2D eigenvalue weighted by molar-refractivity contribution is 5.96. The van der Waals surface area contributed by atoms with Gasteiger partial charge < -0.3 is 20.8 Å². The maximum Gasteiger partial charge on any atom is 0.335 e. The highest BCUT2D eigenvalue weighted by atomic mass is 16.4. The molecule has 1 aromatic rings. The molecule has 0 radical (unpaired) electrons. The first-order chi connectivity index (χ1) is 8.84. The van der Waals surface area contributed by atoms with Crippen LogP contribution in [0.1, 0.15) is 26.3 Å². The third kappa shape index (κ3) is 3.98. The Hall–Kier alpha value is -2.57. The van der Waals surface area contributed by atoms with Crippen molar-refractivity contribution in [2.75, 3.05) is 13.1 Å². The van der Waals surface area contributed by atoms with Gasteiger partial charge in [0.2, 0.25) is 0 Å². The van der Waals surface area contributed by atoms with Gasteiger partial charge in [-0.25, -0.2) is 14.4 Å². The number of rotatable bonds is 2. The van der Waals surface area contributed by atoms with Crippen molar-refractivity contribution in [1.82, 2.24) is 4.90 Å². The SMILES string of the molecule is Cc1c(C(=O)O)cccc1C(=O)O.NC(=O)N1CC1. The number of carbonyl (C=O) groups excluding carboxylic acids is 1. The molecule has 102 valence electrons. The van der Waals surface area contributed by atoms with Gasteiger partial charge >= 0.3 is 18.0 Å². The molecule has 2 amide bonds. The van der Waals surface area contributed by atoms with Crippen molar-refractivity contribution in [3.8, 4) is 0 Å². The summed E-state index contributed by atoms with van der Waals surface area (Å²) in [5, 5.41) is 17.4. The van der Waals surface area contributed by atoms with Crippen molar-refractivity contribution in [3.05, 3.63) is 34.9 Å². The molecule has 0 spiro atoms. The second-order valence-electron chi connectivity index (χ2n) is 3.91. The van der Waals surface area contributed by atoms with E-state index in [2.05, 4.69) is 0 Å². The minimum atomic E-state index is -1.11. The van der Waals surface area contributed by atoms with Gasteiger partial charge in [-0.3, -0.25) is 0 Å². The molecule has 2 rings (SSSR count). The molecule has 0 unspecified atom stereocenters. The smallest absolute Gasteiger partial charge is 0.335 e. The predicted octanol–water partition coefficient (Wildman–Crippen LogP) is 0.772. The van der Waals surface area contributed by atoms with Crippen LogP contribution in [0, 0.1) is 6.92 Å². The maximum atomic E-state index is 10.6. The lowest BCUT2D eigenvalue weighted by Gasteiger charge is -2.03. The Morgan fingerprint density at radius 2 is 1.53 bits per heavy atom. The van der Waals surface area contributed by atoms with Crippen molar-refractivity contribution in [2.24, 2.45) is 5.73 Å². The molecule has 19 heavy (non-hydrogen) atoms. The Kier molecular flexibility index (Phi) is 4.46. The molecule has 4 N–H and O–H groups in total. The minimum Gasteiger partial charge on any atom is -0.478 e. The van der Waals surface area contributed by atoms with Crippen LogP contribution >= 0.6 is 0 Å².